The largest absolute Gasteiger partial charge is 0.394 e. The van der Waals surface area contributed by atoms with E-state index in [0.717, 1.165) is 0 Å². The van der Waals surface area contributed by atoms with E-state index < -0.39 is 98.5 Å². The lowest BCUT2D eigenvalue weighted by Crippen LogP contribution is -2.70. The van der Waals surface area contributed by atoms with Gasteiger partial charge in [0.05, 0.1) is 36.9 Å². The van der Waals surface area contributed by atoms with Crippen LogP contribution in [-0.4, -0.2) is 137 Å². The summed E-state index contributed by atoms with van der Waals surface area (Å²) >= 11 is 0. The molecule has 4 rings (SSSR count). The van der Waals surface area contributed by atoms with Crippen LogP contribution in [0.2, 0.25) is 0 Å². The van der Waals surface area contributed by atoms with Crippen LogP contribution in [0.1, 0.15) is 19.3 Å². The molecule has 1 aliphatic carbocycles. The summed E-state index contributed by atoms with van der Waals surface area (Å²) in [7, 11) is 1.58. The predicted molar refractivity (Wildman–Crippen MR) is 122 cm³/mol. The van der Waals surface area contributed by atoms with Crippen molar-refractivity contribution >= 4 is 0 Å². The summed E-state index contributed by atoms with van der Waals surface area (Å²) in [6, 6.07) is -3.24. The van der Waals surface area contributed by atoms with E-state index in [1.165, 1.54) is 0 Å². The molecule has 3 aliphatic heterocycles. The van der Waals surface area contributed by atoms with Crippen LogP contribution in [0.3, 0.4) is 0 Å². The molecular formula is C21H41N5O10. The molecule has 0 aromatic heterocycles. The fourth-order valence-electron chi connectivity index (χ4n) is 5.49. The lowest BCUT2D eigenvalue weighted by atomic mass is 9.86. The van der Waals surface area contributed by atoms with E-state index in [-0.39, 0.29) is 12.5 Å². The molecule has 9 unspecified atom stereocenters. The second-order valence-electron chi connectivity index (χ2n) is 10.2. The van der Waals surface area contributed by atoms with Gasteiger partial charge in [-0.05, 0) is 26.3 Å². The van der Waals surface area contributed by atoms with Crippen LogP contribution in [0.25, 0.3) is 0 Å². The van der Waals surface area contributed by atoms with E-state index in [4.69, 9.17) is 46.6 Å². The average Bonchev–Trinajstić information content (AvgIpc) is 2.82. The molecule has 0 radical (unpaired) electrons. The van der Waals surface area contributed by atoms with Crippen LogP contribution in [-0.2, 0) is 23.7 Å². The Morgan fingerprint density at radius 2 is 1.53 bits per heavy atom. The second kappa shape index (κ2) is 11.6. The van der Waals surface area contributed by atoms with Gasteiger partial charge in [-0.1, -0.05) is 0 Å². The molecule has 36 heavy (non-hydrogen) atoms. The van der Waals surface area contributed by atoms with Gasteiger partial charge in [0.15, 0.2) is 18.9 Å². The maximum atomic E-state index is 11.1. The van der Waals surface area contributed by atoms with Gasteiger partial charge in [0.2, 0.25) is 0 Å². The Kier molecular flexibility index (Phi) is 9.19. The number of rotatable bonds is 6. The fourth-order valence-corrected chi connectivity index (χ4v) is 5.49. The molecule has 4 aliphatic rings. The van der Waals surface area contributed by atoms with Gasteiger partial charge >= 0.3 is 0 Å². The molecule has 0 spiro atoms. The molecule has 4 fully saturated rings. The minimum atomic E-state index is -1.51. The summed E-state index contributed by atoms with van der Waals surface area (Å²) in [6.07, 6.45) is -10.6. The van der Waals surface area contributed by atoms with Gasteiger partial charge in [-0.15, -0.1) is 0 Å². The lowest BCUT2D eigenvalue weighted by molar-refractivity contribution is -0.372. The monoisotopic (exact) mass is 523 g/mol. The van der Waals surface area contributed by atoms with Gasteiger partial charge < -0.3 is 77.5 Å². The van der Waals surface area contributed by atoms with Crippen LogP contribution in [0.5, 0.6) is 0 Å². The summed E-state index contributed by atoms with van der Waals surface area (Å²) < 4.78 is 29.4. The van der Waals surface area contributed by atoms with Crippen molar-refractivity contribution in [2.45, 2.75) is 117 Å². The standard InChI is InChI=1S/C21H41N5O10/c1-26-13-15(30)18-10(32-20(13)36-21-16(31)14(29)12(25)11(5-27)33-21)4-8(24)19(35-18)34-17-7(23)2-6(22)3-9(17)28/h6-21,26-31H,2-5,22-25H2,1H3/t6-,7?,8?,9-,10+,11?,12-,13?,14?,15?,16?,17-,18?,19+,20?,21-/m1/s1. The van der Waals surface area contributed by atoms with Crippen molar-refractivity contribution in [2.75, 3.05) is 13.7 Å². The summed E-state index contributed by atoms with van der Waals surface area (Å²) in [6.45, 7) is -0.492. The van der Waals surface area contributed by atoms with E-state index in [2.05, 4.69) is 5.32 Å². The smallest absolute Gasteiger partial charge is 0.189 e. The van der Waals surface area contributed by atoms with Crippen molar-refractivity contribution in [1.29, 1.82) is 0 Å². The number of fused-ring (bicyclic) bond motifs is 1. The highest BCUT2D eigenvalue weighted by Gasteiger charge is 2.53. The van der Waals surface area contributed by atoms with Crippen LogP contribution in [0.4, 0.5) is 0 Å². The number of nitrogens with one attached hydrogen (secondary N) is 1. The van der Waals surface area contributed by atoms with Crippen molar-refractivity contribution < 1.29 is 49.2 Å². The molecule has 0 aromatic rings. The summed E-state index contributed by atoms with van der Waals surface area (Å²) in [5.74, 6) is 0. The van der Waals surface area contributed by atoms with E-state index >= 15 is 0 Å². The van der Waals surface area contributed by atoms with Crippen LogP contribution < -0.4 is 28.3 Å². The number of likely N-dealkylation sites (N-methyl/N-ethyl adjacent to an activating group) is 1. The molecular weight excluding hydrogens is 482 g/mol. The molecule has 15 heteroatoms. The normalized spacial score (nSPS) is 54.2. The highest BCUT2D eigenvalue weighted by molar-refractivity contribution is 5.00. The van der Waals surface area contributed by atoms with Crippen molar-refractivity contribution in [3.05, 3.63) is 0 Å². The Labute approximate surface area is 208 Å². The van der Waals surface area contributed by atoms with Crippen molar-refractivity contribution in [3.8, 4) is 0 Å². The molecule has 0 amide bonds. The summed E-state index contributed by atoms with van der Waals surface area (Å²) in [4.78, 5) is 0. The Hall–Kier alpha value is -0.600. The number of nitrogens with two attached hydrogens (primary N) is 4. The lowest BCUT2D eigenvalue weighted by Gasteiger charge is -2.51. The molecule has 210 valence electrons. The van der Waals surface area contributed by atoms with Crippen molar-refractivity contribution in [3.63, 3.8) is 0 Å². The molecule has 16 atom stereocenters. The fraction of sp³-hybridized carbons (Fsp3) is 1.00. The SMILES string of the molecule is CNC1C(O[C@H]2OC(CO)[C@@H](N)C(O)C2O)O[C@H]2CC(N)[C@@H](O[C@@H]3C(N)C[C@@H](N)C[C@H]3O)OC2C1O. The number of hydrogen-bond acceptors (Lipinski definition) is 15. The molecule has 3 saturated heterocycles. The Balaban J connectivity index is 1.43. The van der Waals surface area contributed by atoms with E-state index in [0.29, 0.717) is 12.8 Å². The van der Waals surface area contributed by atoms with Crippen LogP contribution in [0.15, 0.2) is 0 Å². The van der Waals surface area contributed by atoms with Crippen molar-refractivity contribution in [1.82, 2.24) is 5.32 Å². The first-order valence-electron chi connectivity index (χ1n) is 12.4. The summed E-state index contributed by atoms with van der Waals surface area (Å²) in [5.41, 5.74) is 24.2. The van der Waals surface area contributed by atoms with Gasteiger partial charge in [0.1, 0.15) is 36.6 Å². The Morgan fingerprint density at radius 1 is 0.806 bits per heavy atom. The molecule has 0 aromatic carbocycles. The zero-order valence-electron chi connectivity index (χ0n) is 20.2. The molecule has 0 bridgehead atoms. The van der Waals surface area contributed by atoms with Gasteiger partial charge in [-0.3, -0.25) is 0 Å². The average molecular weight is 524 g/mol. The first kappa shape index (κ1) is 28.4. The number of ether oxygens (including phenoxy) is 5. The minimum Gasteiger partial charge on any atom is -0.394 e. The Bertz CT molecular complexity index is 713. The predicted octanol–water partition coefficient (Wildman–Crippen LogP) is -5.92. The van der Waals surface area contributed by atoms with Gasteiger partial charge in [0, 0.05) is 12.1 Å². The molecule has 15 nitrogen and oxygen atoms in total. The second-order valence-corrected chi connectivity index (χ2v) is 10.2. The number of aliphatic hydroxyl groups excluding tert-OH is 5. The number of aliphatic hydroxyl groups is 5. The summed E-state index contributed by atoms with van der Waals surface area (Å²) in [5, 5.41) is 54.6. The topological polar surface area (TPSA) is 263 Å². The third-order valence-corrected chi connectivity index (χ3v) is 7.57. The third-order valence-electron chi connectivity index (χ3n) is 7.57. The molecule has 14 N–H and O–H groups in total. The Morgan fingerprint density at radius 3 is 2.17 bits per heavy atom. The zero-order valence-corrected chi connectivity index (χ0v) is 20.2. The van der Waals surface area contributed by atoms with E-state index in [1.54, 1.807) is 7.05 Å². The highest BCUT2D eigenvalue weighted by Crippen LogP contribution is 2.35. The van der Waals surface area contributed by atoms with E-state index in [9.17, 15) is 25.5 Å². The first-order valence-corrected chi connectivity index (χ1v) is 12.4. The maximum Gasteiger partial charge on any atom is 0.189 e. The molecule has 1 saturated carbocycles. The third kappa shape index (κ3) is 5.56. The van der Waals surface area contributed by atoms with Gasteiger partial charge in [-0.25, -0.2) is 0 Å². The van der Waals surface area contributed by atoms with Crippen LogP contribution in [0, 0.1) is 0 Å². The molecule has 3 heterocycles. The van der Waals surface area contributed by atoms with Gasteiger partial charge in [-0.2, -0.15) is 0 Å². The quantitative estimate of drug-likeness (QED) is 0.155. The minimum absolute atomic E-state index is 0.223. The highest BCUT2D eigenvalue weighted by atomic mass is 16.8. The number of hydrogen-bond donors (Lipinski definition) is 10. The van der Waals surface area contributed by atoms with Crippen LogP contribution >= 0.6 is 0 Å². The zero-order chi connectivity index (χ0) is 26.3. The van der Waals surface area contributed by atoms with Gasteiger partial charge in [0.25, 0.3) is 0 Å². The first-order chi connectivity index (χ1) is 17.0. The van der Waals surface area contributed by atoms with E-state index in [1.807, 2.05) is 0 Å². The maximum absolute atomic E-state index is 11.1. The van der Waals surface area contributed by atoms with Crippen molar-refractivity contribution in [2.24, 2.45) is 22.9 Å².